The molecule has 0 radical (unpaired) electrons. The van der Waals surface area contributed by atoms with Gasteiger partial charge in [0.1, 0.15) is 6.10 Å². The van der Waals surface area contributed by atoms with Crippen LogP contribution in [0.15, 0.2) is 0 Å². The molecule has 116 valence electrons. The van der Waals surface area contributed by atoms with Gasteiger partial charge in [0.2, 0.25) is 0 Å². The number of nitrogens with zero attached hydrogens (tertiary/aromatic N) is 2. The molecule has 2 atom stereocenters. The monoisotopic (exact) mass is 307 g/mol. The van der Waals surface area contributed by atoms with E-state index in [1.54, 1.807) is 11.3 Å². The summed E-state index contributed by atoms with van der Waals surface area (Å²) in [5.74, 6) is 0.610. The van der Waals surface area contributed by atoms with Gasteiger partial charge in [0.05, 0.1) is 5.69 Å². The highest BCUT2D eigenvalue weighted by atomic mass is 32.1. The minimum atomic E-state index is 0.349. The van der Waals surface area contributed by atoms with Crippen LogP contribution in [0.1, 0.15) is 43.2 Å². The Morgan fingerprint density at radius 3 is 2.95 bits per heavy atom. The molecule has 2 fully saturated rings. The molecule has 21 heavy (non-hydrogen) atoms. The fourth-order valence-corrected chi connectivity index (χ4v) is 4.67. The van der Waals surface area contributed by atoms with Crippen LogP contribution in [0.5, 0.6) is 5.19 Å². The van der Waals surface area contributed by atoms with Crippen LogP contribution < -0.4 is 10.1 Å². The number of hydrogen-bond donors (Lipinski definition) is 1. The number of ether oxygens (including phenoxy) is 1. The number of rotatable bonds is 3. The summed E-state index contributed by atoms with van der Waals surface area (Å²) >= 11 is 1.74. The highest BCUT2D eigenvalue weighted by Crippen LogP contribution is 2.33. The third-order valence-corrected chi connectivity index (χ3v) is 6.27. The van der Waals surface area contributed by atoms with Gasteiger partial charge in [0, 0.05) is 49.4 Å². The van der Waals surface area contributed by atoms with Gasteiger partial charge in [0.25, 0.3) is 5.19 Å². The highest BCUT2D eigenvalue weighted by Gasteiger charge is 2.34. The molecule has 0 aromatic carbocycles. The molecule has 1 saturated heterocycles. The molecule has 4 nitrogen and oxygen atoms in total. The molecule has 1 aromatic heterocycles. The molecule has 0 spiro atoms. The normalized spacial score (nSPS) is 30.7. The van der Waals surface area contributed by atoms with Gasteiger partial charge < -0.3 is 10.1 Å². The molecule has 2 unspecified atom stereocenters. The van der Waals surface area contributed by atoms with E-state index in [1.165, 1.54) is 42.9 Å². The molecule has 4 rings (SSSR count). The van der Waals surface area contributed by atoms with Gasteiger partial charge in [-0.3, -0.25) is 4.90 Å². The Morgan fingerprint density at radius 2 is 2.24 bits per heavy atom. The first-order valence-corrected chi connectivity index (χ1v) is 9.21. The van der Waals surface area contributed by atoms with Gasteiger partial charge in [-0.2, -0.15) is 0 Å². The van der Waals surface area contributed by atoms with Gasteiger partial charge in [-0.05, 0) is 19.3 Å². The van der Waals surface area contributed by atoms with E-state index in [2.05, 4.69) is 17.1 Å². The average molecular weight is 307 g/mol. The summed E-state index contributed by atoms with van der Waals surface area (Å²) in [6.07, 6.45) is 6.79. The topological polar surface area (TPSA) is 37.4 Å². The molecular weight excluding hydrogens is 282 g/mol. The lowest BCUT2D eigenvalue weighted by atomic mass is 9.87. The largest absolute Gasteiger partial charge is 0.466 e. The van der Waals surface area contributed by atoms with Crippen molar-refractivity contribution in [2.75, 3.05) is 19.6 Å². The van der Waals surface area contributed by atoms with Crippen molar-refractivity contribution >= 4 is 11.3 Å². The first kappa shape index (κ1) is 14.0. The minimum Gasteiger partial charge on any atom is -0.466 e. The smallest absolute Gasteiger partial charge is 0.273 e. The van der Waals surface area contributed by atoms with Gasteiger partial charge in [-0.25, -0.2) is 4.98 Å². The second kappa shape index (κ2) is 5.86. The maximum absolute atomic E-state index is 6.25. The molecule has 1 saturated carbocycles. The standard InChI is InChI=1S/C16H25N3OS/c1-11-10-19(12-3-2-4-12)8-6-14(11)20-16-18-13-5-7-17-9-15(13)21-16/h11-12,14,17H,2-10H2,1H3. The molecule has 3 aliphatic rings. The molecule has 2 aliphatic heterocycles. The first-order chi connectivity index (χ1) is 10.3. The maximum atomic E-state index is 6.25. The predicted octanol–water partition coefficient (Wildman–Crippen LogP) is 2.43. The second-order valence-electron chi connectivity index (χ2n) is 6.78. The average Bonchev–Trinajstić information content (AvgIpc) is 2.82. The highest BCUT2D eigenvalue weighted by molar-refractivity contribution is 7.13. The van der Waals surface area contributed by atoms with E-state index in [0.29, 0.717) is 12.0 Å². The Morgan fingerprint density at radius 1 is 1.33 bits per heavy atom. The summed E-state index contributed by atoms with van der Waals surface area (Å²) in [4.78, 5) is 8.76. The summed E-state index contributed by atoms with van der Waals surface area (Å²) in [6, 6.07) is 0.867. The number of hydrogen-bond acceptors (Lipinski definition) is 5. The third kappa shape index (κ3) is 2.83. The summed E-state index contributed by atoms with van der Waals surface area (Å²) in [5, 5.41) is 4.31. The van der Waals surface area contributed by atoms with Crippen molar-refractivity contribution in [3.05, 3.63) is 10.6 Å². The molecule has 1 aromatic rings. The van der Waals surface area contributed by atoms with Gasteiger partial charge in [0.15, 0.2) is 0 Å². The van der Waals surface area contributed by atoms with Crippen molar-refractivity contribution in [2.24, 2.45) is 5.92 Å². The van der Waals surface area contributed by atoms with E-state index < -0.39 is 0 Å². The zero-order valence-electron chi connectivity index (χ0n) is 12.8. The number of fused-ring (bicyclic) bond motifs is 1. The Balaban J connectivity index is 1.37. The Kier molecular flexibility index (Phi) is 3.90. The van der Waals surface area contributed by atoms with Crippen molar-refractivity contribution in [3.8, 4) is 5.19 Å². The Hall–Kier alpha value is -0.650. The molecule has 0 amide bonds. The van der Waals surface area contributed by atoms with Crippen molar-refractivity contribution < 1.29 is 4.74 Å². The fourth-order valence-electron chi connectivity index (χ4n) is 3.70. The molecule has 1 N–H and O–H groups in total. The predicted molar refractivity (Wildman–Crippen MR) is 84.9 cm³/mol. The summed E-state index contributed by atoms with van der Waals surface area (Å²) in [6.45, 7) is 6.75. The van der Waals surface area contributed by atoms with E-state index in [9.17, 15) is 0 Å². The van der Waals surface area contributed by atoms with Gasteiger partial charge in [-0.1, -0.05) is 24.7 Å². The minimum absolute atomic E-state index is 0.349. The molecule has 5 heteroatoms. The third-order valence-electron chi connectivity index (χ3n) is 5.28. The molecule has 1 aliphatic carbocycles. The zero-order chi connectivity index (χ0) is 14.2. The van der Waals surface area contributed by atoms with Gasteiger partial charge >= 0.3 is 0 Å². The Labute approximate surface area is 130 Å². The van der Waals surface area contributed by atoms with E-state index in [0.717, 1.165) is 37.2 Å². The first-order valence-electron chi connectivity index (χ1n) is 8.39. The van der Waals surface area contributed by atoms with Crippen LogP contribution in [0, 0.1) is 5.92 Å². The van der Waals surface area contributed by atoms with Crippen LogP contribution in [0.25, 0.3) is 0 Å². The molecule has 0 bridgehead atoms. The van der Waals surface area contributed by atoms with Crippen LogP contribution in [-0.4, -0.2) is 41.7 Å². The SMILES string of the molecule is CC1CN(C2CCC2)CCC1Oc1nc2c(s1)CNCC2. The number of likely N-dealkylation sites (tertiary alicyclic amines) is 1. The summed E-state index contributed by atoms with van der Waals surface area (Å²) < 4.78 is 6.25. The van der Waals surface area contributed by atoms with Crippen molar-refractivity contribution in [1.29, 1.82) is 0 Å². The quantitative estimate of drug-likeness (QED) is 0.931. The van der Waals surface area contributed by atoms with Gasteiger partial charge in [-0.15, -0.1) is 0 Å². The van der Waals surface area contributed by atoms with Crippen molar-refractivity contribution in [1.82, 2.24) is 15.2 Å². The van der Waals surface area contributed by atoms with E-state index in [1.807, 2.05) is 0 Å². The van der Waals surface area contributed by atoms with Crippen LogP contribution >= 0.6 is 11.3 Å². The number of piperidine rings is 1. The van der Waals surface area contributed by atoms with Crippen LogP contribution in [-0.2, 0) is 13.0 Å². The lowest BCUT2D eigenvalue weighted by Crippen LogP contribution is -2.50. The lowest BCUT2D eigenvalue weighted by molar-refractivity contribution is 0.0127. The molecule has 3 heterocycles. The van der Waals surface area contributed by atoms with Crippen LogP contribution in [0.3, 0.4) is 0 Å². The Bertz CT molecular complexity index is 476. The van der Waals surface area contributed by atoms with E-state index >= 15 is 0 Å². The van der Waals surface area contributed by atoms with Crippen LogP contribution in [0.4, 0.5) is 0 Å². The van der Waals surface area contributed by atoms with E-state index in [4.69, 9.17) is 9.72 Å². The summed E-state index contributed by atoms with van der Waals surface area (Å²) in [7, 11) is 0. The number of aromatic nitrogens is 1. The van der Waals surface area contributed by atoms with Crippen molar-refractivity contribution in [3.63, 3.8) is 0 Å². The van der Waals surface area contributed by atoms with E-state index in [-0.39, 0.29) is 0 Å². The number of nitrogens with one attached hydrogen (secondary N) is 1. The summed E-state index contributed by atoms with van der Waals surface area (Å²) in [5.41, 5.74) is 1.26. The second-order valence-corrected chi connectivity index (χ2v) is 7.82. The molecular formula is C16H25N3OS. The fraction of sp³-hybridized carbons (Fsp3) is 0.812. The lowest BCUT2D eigenvalue weighted by Gasteiger charge is -2.44. The van der Waals surface area contributed by atoms with Crippen molar-refractivity contribution in [2.45, 2.75) is 57.7 Å². The van der Waals surface area contributed by atoms with Crippen LogP contribution in [0.2, 0.25) is 0 Å². The maximum Gasteiger partial charge on any atom is 0.273 e. The zero-order valence-corrected chi connectivity index (χ0v) is 13.6. The number of thiazole rings is 1.